The summed E-state index contributed by atoms with van der Waals surface area (Å²) in [7, 11) is 2.22. The van der Waals surface area contributed by atoms with Gasteiger partial charge in [-0.05, 0) is 52.1 Å². The van der Waals surface area contributed by atoms with Gasteiger partial charge in [0.1, 0.15) is 0 Å². The highest BCUT2D eigenvalue weighted by Crippen LogP contribution is 2.15. The van der Waals surface area contributed by atoms with Crippen molar-refractivity contribution in [2.45, 2.75) is 32.6 Å². The summed E-state index contributed by atoms with van der Waals surface area (Å²) in [5, 5.41) is 3.44. The molecule has 2 aliphatic heterocycles. The average Bonchev–Trinajstić information content (AvgIpc) is 2.88. The fourth-order valence-electron chi connectivity index (χ4n) is 2.99. The zero-order valence-corrected chi connectivity index (χ0v) is 14.7. The van der Waals surface area contributed by atoms with Gasteiger partial charge in [-0.25, -0.2) is 0 Å². The zero-order valence-electron chi connectivity index (χ0n) is 12.4. The Morgan fingerprint density at radius 2 is 1.95 bits per heavy atom. The Morgan fingerprint density at radius 3 is 2.58 bits per heavy atom. The smallest absolute Gasteiger partial charge is 0.193 e. The SMILES string of the molecule is CCNC(=NCC1CCCN(C)C1)N1CCCC1.I. The summed E-state index contributed by atoms with van der Waals surface area (Å²) >= 11 is 0. The van der Waals surface area contributed by atoms with E-state index in [2.05, 4.69) is 29.1 Å². The maximum Gasteiger partial charge on any atom is 0.193 e. The summed E-state index contributed by atoms with van der Waals surface area (Å²) in [6.45, 7) is 8.94. The van der Waals surface area contributed by atoms with Crippen LogP contribution >= 0.6 is 24.0 Å². The molecule has 19 heavy (non-hydrogen) atoms. The lowest BCUT2D eigenvalue weighted by Crippen LogP contribution is -2.40. The molecule has 112 valence electrons. The van der Waals surface area contributed by atoms with Crippen molar-refractivity contribution in [1.29, 1.82) is 0 Å². The summed E-state index contributed by atoms with van der Waals surface area (Å²) in [6, 6.07) is 0. The van der Waals surface area contributed by atoms with Crippen LogP contribution in [0.5, 0.6) is 0 Å². The van der Waals surface area contributed by atoms with Crippen molar-refractivity contribution >= 4 is 29.9 Å². The van der Waals surface area contributed by atoms with Gasteiger partial charge >= 0.3 is 0 Å². The van der Waals surface area contributed by atoms with Gasteiger partial charge in [-0.15, -0.1) is 24.0 Å². The number of rotatable bonds is 3. The van der Waals surface area contributed by atoms with E-state index in [1.807, 2.05) is 0 Å². The highest BCUT2D eigenvalue weighted by Gasteiger charge is 2.19. The van der Waals surface area contributed by atoms with Gasteiger partial charge in [0, 0.05) is 32.7 Å². The Morgan fingerprint density at radius 1 is 1.21 bits per heavy atom. The van der Waals surface area contributed by atoms with Gasteiger partial charge in [0.05, 0.1) is 0 Å². The minimum absolute atomic E-state index is 0. The van der Waals surface area contributed by atoms with Crippen molar-refractivity contribution in [3.05, 3.63) is 0 Å². The maximum absolute atomic E-state index is 4.86. The Bertz CT molecular complexity index is 277. The lowest BCUT2D eigenvalue weighted by molar-refractivity contribution is 0.214. The second-order valence-corrected chi connectivity index (χ2v) is 5.66. The van der Waals surface area contributed by atoms with Crippen LogP contribution in [0.4, 0.5) is 0 Å². The number of aliphatic imine (C=N–C) groups is 1. The van der Waals surface area contributed by atoms with Gasteiger partial charge < -0.3 is 15.1 Å². The summed E-state index contributed by atoms with van der Waals surface area (Å²) in [4.78, 5) is 9.71. The van der Waals surface area contributed by atoms with E-state index in [1.54, 1.807) is 0 Å². The molecule has 2 heterocycles. The van der Waals surface area contributed by atoms with Crippen LogP contribution in [0.2, 0.25) is 0 Å². The third-order valence-corrected chi connectivity index (χ3v) is 3.96. The van der Waals surface area contributed by atoms with Gasteiger partial charge in [-0.2, -0.15) is 0 Å². The summed E-state index contributed by atoms with van der Waals surface area (Å²) in [6.07, 6.45) is 5.30. The van der Waals surface area contributed by atoms with Gasteiger partial charge in [0.2, 0.25) is 0 Å². The molecule has 0 radical (unpaired) electrons. The first kappa shape index (κ1) is 17.0. The minimum Gasteiger partial charge on any atom is -0.357 e. The van der Waals surface area contributed by atoms with Crippen molar-refractivity contribution in [3.8, 4) is 0 Å². The summed E-state index contributed by atoms with van der Waals surface area (Å²) in [5.41, 5.74) is 0. The molecule has 1 N–H and O–H groups in total. The molecule has 0 bridgehead atoms. The lowest BCUT2D eigenvalue weighted by atomic mass is 9.99. The standard InChI is InChI=1S/C14H28N4.HI/c1-3-15-14(18-9-4-5-10-18)16-11-13-7-6-8-17(2)12-13;/h13H,3-12H2,1-2H3,(H,15,16);1H. The quantitative estimate of drug-likeness (QED) is 0.462. The fourth-order valence-corrected chi connectivity index (χ4v) is 2.99. The van der Waals surface area contributed by atoms with E-state index in [4.69, 9.17) is 4.99 Å². The molecule has 0 aliphatic carbocycles. The number of nitrogens with one attached hydrogen (secondary N) is 1. The van der Waals surface area contributed by atoms with Crippen molar-refractivity contribution < 1.29 is 0 Å². The molecule has 0 aromatic carbocycles. The maximum atomic E-state index is 4.86. The number of likely N-dealkylation sites (tertiary alicyclic amines) is 2. The van der Waals surface area contributed by atoms with Crippen LogP contribution in [0.25, 0.3) is 0 Å². The summed E-state index contributed by atoms with van der Waals surface area (Å²) in [5.74, 6) is 1.89. The first-order valence-corrected chi connectivity index (χ1v) is 7.51. The number of piperidine rings is 1. The van der Waals surface area contributed by atoms with Crippen LogP contribution < -0.4 is 5.32 Å². The van der Waals surface area contributed by atoms with E-state index in [0.717, 1.165) is 25.0 Å². The molecule has 2 rings (SSSR count). The molecule has 0 aromatic rings. The Kier molecular flexibility index (Phi) is 8.06. The molecular formula is C14H29IN4. The Hall–Kier alpha value is -0.0400. The fraction of sp³-hybridized carbons (Fsp3) is 0.929. The van der Waals surface area contributed by atoms with Crippen molar-refractivity contribution in [2.24, 2.45) is 10.9 Å². The monoisotopic (exact) mass is 380 g/mol. The number of nitrogens with zero attached hydrogens (tertiary/aromatic N) is 3. The Balaban J connectivity index is 0.00000180. The number of hydrogen-bond donors (Lipinski definition) is 1. The van der Waals surface area contributed by atoms with Gasteiger partial charge in [-0.3, -0.25) is 4.99 Å². The number of hydrogen-bond acceptors (Lipinski definition) is 2. The molecule has 1 atom stereocenters. The number of halogens is 1. The van der Waals surface area contributed by atoms with E-state index in [1.165, 1.54) is 51.9 Å². The van der Waals surface area contributed by atoms with Crippen LogP contribution in [-0.2, 0) is 0 Å². The topological polar surface area (TPSA) is 30.9 Å². The van der Waals surface area contributed by atoms with E-state index >= 15 is 0 Å². The molecule has 2 aliphatic rings. The third-order valence-electron chi connectivity index (χ3n) is 3.96. The first-order chi connectivity index (χ1) is 8.79. The second kappa shape index (κ2) is 9.00. The molecule has 4 nitrogen and oxygen atoms in total. The third kappa shape index (κ3) is 5.45. The molecule has 2 fully saturated rings. The molecule has 0 amide bonds. The normalized spacial score (nSPS) is 25.3. The van der Waals surface area contributed by atoms with Crippen molar-refractivity contribution in [2.75, 3.05) is 46.3 Å². The zero-order chi connectivity index (χ0) is 12.8. The van der Waals surface area contributed by atoms with E-state index in [-0.39, 0.29) is 24.0 Å². The molecule has 5 heteroatoms. The average molecular weight is 380 g/mol. The molecular weight excluding hydrogens is 351 g/mol. The minimum atomic E-state index is 0. The summed E-state index contributed by atoms with van der Waals surface area (Å²) < 4.78 is 0. The number of guanidine groups is 1. The van der Waals surface area contributed by atoms with Crippen LogP contribution in [0.3, 0.4) is 0 Å². The molecule has 1 unspecified atom stereocenters. The predicted molar refractivity (Wildman–Crippen MR) is 92.4 cm³/mol. The van der Waals surface area contributed by atoms with Gasteiger partial charge in [-0.1, -0.05) is 0 Å². The highest BCUT2D eigenvalue weighted by molar-refractivity contribution is 14.0. The van der Waals surface area contributed by atoms with Crippen LogP contribution in [-0.4, -0.2) is 62.1 Å². The van der Waals surface area contributed by atoms with E-state index in [0.29, 0.717) is 0 Å². The van der Waals surface area contributed by atoms with Gasteiger partial charge in [0.15, 0.2) is 5.96 Å². The van der Waals surface area contributed by atoms with Crippen molar-refractivity contribution in [3.63, 3.8) is 0 Å². The molecule has 0 aromatic heterocycles. The van der Waals surface area contributed by atoms with E-state index in [9.17, 15) is 0 Å². The van der Waals surface area contributed by atoms with Crippen LogP contribution in [0.1, 0.15) is 32.6 Å². The largest absolute Gasteiger partial charge is 0.357 e. The first-order valence-electron chi connectivity index (χ1n) is 7.51. The van der Waals surface area contributed by atoms with Gasteiger partial charge in [0.25, 0.3) is 0 Å². The molecule has 0 spiro atoms. The van der Waals surface area contributed by atoms with E-state index < -0.39 is 0 Å². The predicted octanol–water partition coefficient (Wildman–Crippen LogP) is 2.01. The van der Waals surface area contributed by atoms with Crippen molar-refractivity contribution in [1.82, 2.24) is 15.1 Å². The lowest BCUT2D eigenvalue weighted by Gasteiger charge is -2.29. The second-order valence-electron chi connectivity index (χ2n) is 5.66. The highest BCUT2D eigenvalue weighted by atomic mass is 127. The van der Waals surface area contributed by atoms with Crippen LogP contribution in [0.15, 0.2) is 4.99 Å². The molecule has 0 saturated carbocycles. The molecule has 2 saturated heterocycles. The van der Waals surface area contributed by atoms with Crippen LogP contribution in [0, 0.1) is 5.92 Å². The Labute approximate surface area is 135 Å².